The molecule has 2 rings (SSSR count). The minimum absolute atomic E-state index is 0.403. The normalized spacial score (nSPS) is 10.3. The Morgan fingerprint density at radius 3 is 2.65 bits per heavy atom. The number of thiazole rings is 1. The number of carbonyl (C=O) groups excluding carboxylic acids is 1. The molecule has 0 unspecified atom stereocenters. The highest BCUT2D eigenvalue weighted by Crippen LogP contribution is 2.29. The second-order valence-electron chi connectivity index (χ2n) is 4.29. The van der Waals surface area contributed by atoms with Crippen molar-refractivity contribution in [3.63, 3.8) is 0 Å². The lowest BCUT2D eigenvalue weighted by Gasteiger charge is -2.11. The first-order chi connectivity index (χ1) is 9.63. The van der Waals surface area contributed by atoms with E-state index in [1.807, 2.05) is 20.8 Å². The van der Waals surface area contributed by atoms with Crippen LogP contribution >= 0.6 is 11.3 Å². The molecule has 0 amide bonds. The molecule has 0 aliphatic carbocycles. The number of aromatic nitrogens is 1. The maximum Gasteiger partial charge on any atom is 0.161 e. The predicted molar refractivity (Wildman–Crippen MR) is 78.9 cm³/mol. The fourth-order valence-corrected chi connectivity index (χ4v) is 2.57. The Balaban J connectivity index is 2.13. The molecule has 0 saturated carbocycles. The van der Waals surface area contributed by atoms with E-state index in [2.05, 4.69) is 4.98 Å². The number of ether oxygens (including phenoxy) is 2. The molecule has 2 aromatic rings. The summed E-state index contributed by atoms with van der Waals surface area (Å²) in [6.07, 6.45) is 0.792. The largest absolute Gasteiger partial charge is 0.490 e. The number of nitrogens with zero attached hydrogens (tertiary/aromatic N) is 1. The molecule has 5 heteroatoms. The van der Waals surface area contributed by atoms with Crippen LogP contribution in [0.4, 0.5) is 0 Å². The zero-order valence-corrected chi connectivity index (χ0v) is 12.6. The highest BCUT2D eigenvalue weighted by molar-refractivity contribution is 7.11. The molecular weight excluding hydrogens is 274 g/mol. The van der Waals surface area contributed by atoms with Gasteiger partial charge in [-0.15, -0.1) is 11.3 Å². The van der Waals surface area contributed by atoms with E-state index in [0.29, 0.717) is 30.3 Å². The molecule has 0 spiro atoms. The molecule has 0 saturated heterocycles. The van der Waals surface area contributed by atoms with Crippen molar-refractivity contribution < 1.29 is 14.3 Å². The van der Waals surface area contributed by atoms with Gasteiger partial charge in [-0.3, -0.25) is 4.79 Å². The molecule has 0 N–H and O–H groups in total. The van der Waals surface area contributed by atoms with E-state index in [-0.39, 0.29) is 0 Å². The molecule has 0 aliphatic rings. The minimum Gasteiger partial charge on any atom is -0.490 e. The van der Waals surface area contributed by atoms with Gasteiger partial charge in [0.2, 0.25) is 0 Å². The van der Waals surface area contributed by atoms with Crippen LogP contribution in [0.25, 0.3) is 0 Å². The summed E-state index contributed by atoms with van der Waals surface area (Å²) >= 11 is 1.63. The lowest BCUT2D eigenvalue weighted by Crippen LogP contribution is -2.00. The van der Waals surface area contributed by atoms with E-state index in [4.69, 9.17) is 9.47 Å². The minimum atomic E-state index is 0.403. The number of aldehydes is 1. The Labute approximate surface area is 122 Å². The first-order valence-electron chi connectivity index (χ1n) is 6.41. The van der Waals surface area contributed by atoms with Gasteiger partial charge in [0, 0.05) is 10.4 Å². The van der Waals surface area contributed by atoms with E-state index in [1.54, 1.807) is 29.5 Å². The van der Waals surface area contributed by atoms with E-state index < -0.39 is 0 Å². The van der Waals surface area contributed by atoms with Crippen molar-refractivity contribution in [3.8, 4) is 11.5 Å². The summed E-state index contributed by atoms with van der Waals surface area (Å²) in [4.78, 5) is 16.4. The van der Waals surface area contributed by atoms with E-state index in [9.17, 15) is 4.79 Å². The highest BCUT2D eigenvalue weighted by atomic mass is 32.1. The van der Waals surface area contributed by atoms with Gasteiger partial charge in [-0.1, -0.05) is 0 Å². The Hall–Kier alpha value is -1.88. The molecule has 0 fully saturated rings. The Bertz CT molecular complexity index is 588. The number of benzene rings is 1. The molecule has 20 heavy (non-hydrogen) atoms. The number of aryl methyl sites for hydroxylation is 2. The van der Waals surface area contributed by atoms with Gasteiger partial charge in [0.1, 0.15) is 17.9 Å². The first kappa shape index (κ1) is 14.5. The molecule has 0 radical (unpaired) electrons. The summed E-state index contributed by atoms with van der Waals surface area (Å²) in [5, 5.41) is 0.932. The smallest absolute Gasteiger partial charge is 0.161 e. The van der Waals surface area contributed by atoms with Crippen molar-refractivity contribution in [1.82, 2.24) is 4.98 Å². The number of hydrogen-bond acceptors (Lipinski definition) is 5. The number of hydrogen-bond donors (Lipinski definition) is 0. The summed E-state index contributed by atoms with van der Waals surface area (Å²) in [5.41, 5.74) is 1.61. The van der Waals surface area contributed by atoms with Crippen LogP contribution in [0.2, 0.25) is 0 Å². The van der Waals surface area contributed by atoms with Crippen LogP contribution in [0.15, 0.2) is 18.2 Å². The van der Waals surface area contributed by atoms with Crippen molar-refractivity contribution in [1.29, 1.82) is 0 Å². The van der Waals surface area contributed by atoms with Crippen molar-refractivity contribution in [2.75, 3.05) is 6.61 Å². The second kappa shape index (κ2) is 6.52. The fraction of sp³-hybridized carbons (Fsp3) is 0.333. The quantitative estimate of drug-likeness (QED) is 0.764. The van der Waals surface area contributed by atoms with Crippen molar-refractivity contribution in [3.05, 3.63) is 39.3 Å². The van der Waals surface area contributed by atoms with Crippen LogP contribution in [0.1, 0.15) is 32.9 Å². The summed E-state index contributed by atoms with van der Waals surface area (Å²) in [6, 6.07) is 5.15. The van der Waals surface area contributed by atoms with Crippen LogP contribution in [0.3, 0.4) is 0 Å². The molecule has 0 bridgehead atoms. The zero-order valence-electron chi connectivity index (χ0n) is 11.8. The molecule has 1 aromatic heterocycles. The Morgan fingerprint density at radius 1 is 1.25 bits per heavy atom. The van der Waals surface area contributed by atoms with Gasteiger partial charge in [-0.05, 0) is 39.0 Å². The summed E-state index contributed by atoms with van der Waals surface area (Å²) < 4.78 is 11.2. The lowest BCUT2D eigenvalue weighted by molar-refractivity contribution is 0.112. The summed E-state index contributed by atoms with van der Waals surface area (Å²) in [5.74, 6) is 1.21. The number of rotatable bonds is 6. The monoisotopic (exact) mass is 291 g/mol. The average molecular weight is 291 g/mol. The number of carbonyl (C=O) groups is 1. The van der Waals surface area contributed by atoms with Crippen LogP contribution in [-0.2, 0) is 6.61 Å². The topological polar surface area (TPSA) is 48.4 Å². The SMILES string of the molecule is CCOc1cc(C=O)ccc1OCc1nc(C)c(C)s1. The van der Waals surface area contributed by atoms with Gasteiger partial charge in [0.05, 0.1) is 12.3 Å². The molecular formula is C15H17NO3S. The average Bonchev–Trinajstić information content (AvgIpc) is 2.76. The Kier molecular flexibility index (Phi) is 4.74. The zero-order chi connectivity index (χ0) is 14.5. The standard InChI is InChI=1S/C15H17NO3S/c1-4-18-14-7-12(8-17)5-6-13(14)19-9-15-16-10(2)11(3)20-15/h5-8H,4,9H2,1-3H3. The molecule has 0 aliphatic heterocycles. The Morgan fingerprint density at radius 2 is 2.05 bits per heavy atom. The lowest BCUT2D eigenvalue weighted by atomic mass is 10.2. The van der Waals surface area contributed by atoms with Gasteiger partial charge >= 0.3 is 0 Å². The van der Waals surface area contributed by atoms with Gasteiger partial charge < -0.3 is 9.47 Å². The second-order valence-corrected chi connectivity index (χ2v) is 5.58. The van der Waals surface area contributed by atoms with Crippen molar-refractivity contribution in [2.24, 2.45) is 0 Å². The third kappa shape index (κ3) is 3.36. The third-order valence-corrected chi connectivity index (χ3v) is 3.87. The van der Waals surface area contributed by atoms with Crippen LogP contribution < -0.4 is 9.47 Å². The molecule has 0 atom stereocenters. The fourth-order valence-electron chi connectivity index (χ4n) is 1.73. The van der Waals surface area contributed by atoms with Gasteiger partial charge in [0.15, 0.2) is 11.5 Å². The summed E-state index contributed by atoms with van der Waals surface area (Å²) in [6.45, 7) is 6.85. The van der Waals surface area contributed by atoms with E-state index in [1.165, 1.54) is 4.88 Å². The molecule has 1 aromatic carbocycles. The van der Waals surface area contributed by atoms with Crippen LogP contribution in [-0.4, -0.2) is 17.9 Å². The molecule has 4 nitrogen and oxygen atoms in total. The maximum absolute atomic E-state index is 10.8. The third-order valence-electron chi connectivity index (χ3n) is 2.83. The van der Waals surface area contributed by atoms with E-state index >= 15 is 0 Å². The van der Waals surface area contributed by atoms with Crippen molar-refractivity contribution >= 4 is 17.6 Å². The van der Waals surface area contributed by atoms with E-state index in [0.717, 1.165) is 17.0 Å². The molecule has 1 heterocycles. The van der Waals surface area contributed by atoms with Crippen LogP contribution in [0, 0.1) is 13.8 Å². The first-order valence-corrected chi connectivity index (χ1v) is 7.23. The van der Waals surface area contributed by atoms with Gasteiger partial charge in [0.25, 0.3) is 0 Å². The molecule has 106 valence electrons. The predicted octanol–water partition coefficient (Wildman–Crippen LogP) is 3.55. The summed E-state index contributed by atoms with van der Waals surface area (Å²) in [7, 11) is 0. The highest BCUT2D eigenvalue weighted by Gasteiger charge is 2.09. The van der Waals surface area contributed by atoms with Crippen molar-refractivity contribution in [2.45, 2.75) is 27.4 Å². The maximum atomic E-state index is 10.8. The van der Waals surface area contributed by atoms with Gasteiger partial charge in [-0.25, -0.2) is 4.98 Å². The van der Waals surface area contributed by atoms with Crippen LogP contribution in [0.5, 0.6) is 11.5 Å². The van der Waals surface area contributed by atoms with Gasteiger partial charge in [-0.2, -0.15) is 0 Å².